The number of hydrogen-bond acceptors (Lipinski definition) is 5. The van der Waals surface area contributed by atoms with Gasteiger partial charge in [0, 0.05) is 6.07 Å². The van der Waals surface area contributed by atoms with Crippen molar-refractivity contribution in [1.29, 1.82) is 5.26 Å². The Morgan fingerprint density at radius 1 is 1.65 bits per heavy atom. The van der Waals surface area contributed by atoms with Crippen LogP contribution in [-0.4, -0.2) is 22.1 Å². The van der Waals surface area contributed by atoms with E-state index in [9.17, 15) is 14.9 Å². The molecule has 88 valence electrons. The zero-order valence-corrected chi connectivity index (χ0v) is 8.78. The zero-order valence-electron chi connectivity index (χ0n) is 8.78. The van der Waals surface area contributed by atoms with Crippen molar-refractivity contribution in [2.45, 2.75) is 13.0 Å². The molecule has 0 radical (unpaired) electrons. The number of nitro benzene ring substituents is 1. The van der Waals surface area contributed by atoms with Gasteiger partial charge in [-0.25, -0.2) is 4.79 Å². The van der Waals surface area contributed by atoms with Crippen LogP contribution in [0.3, 0.4) is 0 Å². The minimum absolute atomic E-state index is 0.104. The number of aliphatic carboxylic acids is 1. The van der Waals surface area contributed by atoms with Crippen molar-refractivity contribution < 1.29 is 19.6 Å². The molecule has 0 aliphatic carbocycles. The maximum atomic E-state index is 10.7. The standard InChI is InChI=1S/C10H8N2O5/c1-6(10(13)14)17-9-3-2-7(5-11)4-8(9)12(15)16/h2-4,6H,1H3,(H,13,14). The highest BCUT2D eigenvalue weighted by atomic mass is 16.6. The van der Waals surface area contributed by atoms with Crippen LogP contribution in [0, 0.1) is 21.4 Å². The Labute approximate surface area is 96.0 Å². The fourth-order valence-electron chi connectivity index (χ4n) is 1.07. The van der Waals surface area contributed by atoms with Gasteiger partial charge >= 0.3 is 11.7 Å². The normalized spacial score (nSPS) is 11.3. The molecule has 0 aliphatic rings. The number of nitro groups is 1. The van der Waals surface area contributed by atoms with Gasteiger partial charge in [0.25, 0.3) is 0 Å². The van der Waals surface area contributed by atoms with Crippen molar-refractivity contribution in [1.82, 2.24) is 0 Å². The molecule has 0 aromatic heterocycles. The molecule has 1 rings (SSSR count). The van der Waals surface area contributed by atoms with Crippen LogP contribution >= 0.6 is 0 Å². The van der Waals surface area contributed by atoms with E-state index in [0.29, 0.717) is 0 Å². The summed E-state index contributed by atoms with van der Waals surface area (Å²) in [5.41, 5.74) is -0.329. The maximum absolute atomic E-state index is 10.7. The Balaban J connectivity index is 3.12. The molecule has 0 amide bonds. The second-order valence-electron chi connectivity index (χ2n) is 3.15. The molecule has 1 aromatic carbocycles. The first-order chi connectivity index (χ1) is 7.95. The molecular weight excluding hydrogens is 228 g/mol. The highest BCUT2D eigenvalue weighted by molar-refractivity contribution is 5.72. The highest BCUT2D eigenvalue weighted by Gasteiger charge is 2.21. The average molecular weight is 236 g/mol. The Kier molecular flexibility index (Phi) is 3.62. The predicted octanol–water partition coefficient (Wildman–Crippen LogP) is 1.32. The van der Waals surface area contributed by atoms with Crippen LogP contribution in [0.5, 0.6) is 5.75 Å². The number of nitriles is 1. The molecule has 0 spiro atoms. The monoisotopic (exact) mass is 236 g/mol. The molecule has 1 N–H and O–H groups in total. The van der Waals surface area contributed by atoms with Gasteiger partial charge in [-0.3, -0.25) is 10.1 Å². The van der Waals surface area contributed by atoms with Gasteiger partial charge in [-0.2, -0.15) is 5.26 Å². The molecule has 17 heavy (non-hydrogen) atoms. The summed E-state index contributed by atoms with van der Waals surface area (Å²) in [6.45, 7) is 1.25. The van der Waals surface area contributed by atoms with Gasteiger partial charge in [0.05, 0.1) is 16.6 Å². The molecule has 1 unspecified atom stereocenters. The summed E-state index contributed by atoms with van der Waals surface area (Å²) in [6, 6.07) is 5.30. The molecule has 0 saturated carbocycles. The summed E-state index contributed by atoms with van der Waals surface area (Å²) in [5.74, 6) is -1.41. The zero-order chi connectivity index (χ0) is 13.0. The van der Waals surface area contributed by atoms with E-state index in [0.717, 1.165) is 6.07 Å². The maximum Gasteiger partial charge on any atom is 0.344 e. The van der Waals surface area contributed by atoms with Gasteiger partial charge in [-0.15, -0.1) is 0 Å². The van der Waals surface area contributed by atoms with Crippen LogP contribution in [0.4, 0.5) is 5.69 Å². The first-order valence-electron chi connectivity index (χ1n) is 4.53. The van der Waals surface area contributed by atoms with Crippen molar-refractivity contribution in [2.75, 3.05) is 0 Å². The van der Waals surface area contributed by atoms with Crippen molar-refractivity contribution >= 4 is 11.7 Å². The molecule has 0 aliphatic heterocycles. The van der Waals surface area contributed by atoms with E-state index in [1.165, 1.54) is 19.1 Å². The number of carboxylic acids is 1. The number of ether oxygens (including phenoxy) is 1. The average Bonchev–Trinajstić information content (AvgIpc) is 2.29. The van der Waals surface area contributed by atoms with E-state index in [1.807, 2.05) is 0 Å². The van der Waals surface area contributed by atoms with Crippen LogP contribution < -0.4 is 4.74 Å². The van der Waals surface area contributed by atoms with Crippen molar-refractivity contribution in [3.8, 4) is 11.8 Å². The Hall–Kier alpha value is -2.62. The molecule has 1 aromatic rings. The van der Waals surface area contributed by atoms with E-state index in [4.69, 9.17) is 15.1 Å². The molecular formula is C10H8N2O5. The number of carbonyl (C=O) groups is 1. The van der Waals surface area contributed by atoms with E-state index >= 15 is 0 Å². The van der Waals surface area contributed by atoms with E-state index in [2.05, 4.69) is 0 Å². The lowest BCUT2D eigenvalue weighted by Crippen LogP contribution is -2.23. The lowest BCUT2D eigenvalue weighted by Gasteiger charge is -2.10. The van der Waals surface area contributed by atoms with Gasteiger partial charge in [0.15, 0.2) is 11.9 Å². The van der Waals surface area contributed by atoms with Gasteiger partial charge in [0.1, 0.15) is 0 Å². The third kappa shape index (κ3) is 2.92. The largest absolute Gasteiger partial charge is 0.479 e. The minimum atomic E-state index is -1.23. The van der Waals surface area contributed by atoms with E-state index < -0.39 is 22.7 Å². The summed E-state index contributed by atoms with van der Waals surface area (Å²) >= 11 is 0. The second-order valence-corrected chi connectivity index (χ2v) is 3.15. The SMILES string of the molecule is CC(Oc1ccc(C#N)cc1[N+](=O)[O-])C(=O)O. The fourth-order valence-corrected chi connectivity index (χ4v) is 1.07. The molecule has 0 heterocycles. The molecule has 0 bridgehead atoms. The van der Waals surface area contributed by atoms with Crippen molar-refractivity contribution in [2.24, 2.45) is 0 Å². The topological polar surface area (TPSA) is 113 Å². The lowest BCUT2D eigenvalue weighted by molar-refractivity contribution is -0.386. The third-order valence-electron chi connectivity index (χ3n) is 1.94. The summed E-state index contributed by atoms with van der Waals surface area (Å²) in [5, 5.41) is 27.9. The second kappa shape index (κ2) is 4.94. The summed E-state index contributed by atoms with van der Waals surface area (Å²) in [4.78, 5) is 20.5. The Bertz CT molecular complexity index is 506. The molecule has 7 nitrogen and oxygen atoms in total. The molecule has 0 saturated heterocycles. The third-order valence-corrected chi connectivity index (χ3v) is 1.94. The Morgan fingerprint density at radius 2 is 2.29 bits per heavy atom. The van der Waals surface area contributed by atoms with Gasteiger partial charge in [-0.05, 0) is 19.1 Å². The summed E-state index contributed by atoms with van der Waals surface area (Å²) in [6.07, 6.45) is -1.21. The van der Waals surface area contributed by atoms with E-state index in [1.54, 1.807) is 6.07 Å². The minimum Gasteiger partial charge on any atom is -0.479 e. The number of carboxylic acid groups (broad SMARTS) is 1. The Morgan fingerprint density at radius 3 is 2.76 bits per heavy atom. The van der Waals surface area contributed by atoms with Gasteiger partial charge in [0.2, 0.25) is 0 Å². The van der Waals surface area contributed by atoms with Crippen molar-refractivity contribution in [3.05, 3.63) is 33.9 Å². The number of nitrogens with zero attached hydrogens (tertiary/aromatic N) is 2. The first-order valence-corrected chi connectivity index (χ1v) is 4.53. The van der Waals surface area contributed by atoms with Crippen LogP contribution in [0.1, 0.15) is 12.5 Å². The molecule has 0 fully saturated rings. The first kappa shape index (κ1) is 12.4. The number of rotatable bonds is 4. The summed E-state index contributed by atoms with van der Waals surface area (Å²) in [7, 11) is 0. The van der Waals surface area contributed by atoms with Gasteiger partial charge in [-0.1, -0.05) is 0 Å². The van der Waals surface area contributed by atoms with Crippen LogP contribution in [0.15, 0.2) is 18.2 Å². The quantitative estimate of drug-likeness (QED) is 0.622. The molecule has 1 atom stereocenters. The number of hydrogen-bond donors (Lipinski definition) is 1. The van der Waals surface area contributed by atoms with E-state index in [-0.39, 0.29) is 11.3 Å². The van der Waals surface area contributed by atoms with Gasteiger partial charge < -0.3 is 9.84 Å². The smallest absolute Gasteiger partial charge is 0.344 e. The lowest BCUT2D eigenvalue weighted by atomic mass is 10.2. The van der Waals surface area contributed by atoms with Crippen LogP contribution in [0.2, 0.25) is 0 Å². The van der Waals surface area contributed by atoms with Crippen molar-refractivity contribution in [3.63, 3.8) is 0 Å². The molecule has 7 heteroatoms. The predicted molar refractivity (Wildman–Crippen MR) is 55.5 cm³/mol. The van der Waals surface area contributed by atoms with Crippen LogP contribution in [-0.2, 0) is 4.79 Å². The fraction of sp³-hybridized carbons (Fsp3) is 0.200. The summed E-state index contributed by atoms with van der Waals surface area (Å²) < 4.78 is 4.92. The highest BCUT2D eigenvalue weighted by Crippen LogP contribution is 2.28. The number of benzene rings is 1. The van der Waals surface area contributed by atoms with Crippen LogP contribution in [0.25, 0.3) is 0 Å².